The molecule has 94 valence electrons. The number of nitrogens with one attached hydrogen (secondary N) is 1. The number of benzene rings is 1. The van der Waals surface area contributed by atoms with Crippen LogP contribution in [0.3, 0.4) is 0 Å². The average Bonchev–Trinajstić information content (AvgIpc) is 2.34. The Hall–Kier alpha value is -1.06. The Morgan fingerprint density at radius 3 is 2.82 bits per heavy atom. The van der Waals surface area contributed by atoms with E-state index in [2.05, 4.69) is 36.2 Å². The fourth-order valence-electron chi connectivity index (χ4n) is 2.13. The van der Waals surface area contributed by atoms with Gasteiger partial charge in [-0.15, -0.1) is 0 Å². The molecule has 1 unspecified atom stereocenters. The molecule has 1 aliphatic heterocycles. The lowest BCUT2D eigenvalue weighted by Gasteiger charge is -2.33. The predicted octanol–water partition coefficient (Wildman–Crippen LogP) is 1.67. The number of aryl methyl sites for hydroxylation is 1. The smallest absolute Gasteiger partial charge is 0.119 e. The fraction of sp³-hybridized carbons (Fsp3) is 0.571. The van der Waals surface area contributed by atoms with Crippen molar-refractivity contribution in [2.24, 2.45) is 0 Å². The second-order valence-corrected chi connectivity index (χ2v) is 4.75. The molecule has 0 saturated carbocycles. The summed E-state index contributed by atoms with van der Waals surface area (Å²) in [5, 5.41) is 3.40. The molecule has 3 heteroatoms. The highest BCUT2D eigenvalue weighted by Crippen LogP contribution is 2.11. The molecule has 3 nitrogen and oxygen atoms in total. The van der Waals surface area contributed by atoms with E-state index < -0.39 is 0 Å². The first-order chi connectivity index (χ1) is 8.25. The Morgan fingerprint density at radius 1 is 1.35 bits per heavy atom. The van der Waals surface area contributed by atoms with Gasteiger partial charge in [0, 0.05) is 32.2 Å². The predicted molar refractivity (Wildman–Crippen MR) is 70.6 cm³/mol. The van der Waals surface area contributed by atoms with Gasteiger partial charge in [0.15, 0.2) is 0 Å². The van der Waals surface area contributed by atoms with Gasteiger partial charge < -0.3 is 10.1 Å². The maximum absolute atomic E-state index is 5.75. The summed E-state index contributed by atoms with van der Waals surface area (Å²) in [6.45, 7) is 9.44. The molecule has 2 rings (SSSR count). The average molecular weight is 234 g/mol. The number of ether oxygens (including phenoxy) is 1. The molecule has 1 heterocycles. The normalized spacial score (nSPS) is 21.4. The molecule has 0 spiro atoms. The zero-order chi connectivity index (χ0) is 12.1. The van der Waals surface area contributed by atoms with Gasteiger partial charge in [0.1, 0.15) is 12.4 Å². The summed E-state index contributed by atoms with van der Waals surface area (Å²) in [4.78, 5) is 2.48. The van der Waals surface area contributed by atoms with Gasteiger partial charge in [-0.25, -0.2) is 0 Å². The molecule has 0 amide bonds. The lowest BCUT2D eigenvalue weighted by molar-refractivity contribution is 0.143. The molecule has 0 aromatic heterocycles. The molecule has 1 N–H and O–H groups in total. The second kappa shape index (κ2) is 6.03. The SMILES string of the molecule is Cc1ccc(OCCN2CCNCC2C)cc1. The summed E-state index contributed by atoms with van der Waals surface area (Å²) in [7, 11) is 0. The summed E-state index contributed by atoms with van der Waals surface area (Å²) < 4.78 is 5.75. The van der Waals surface area contributed by atoms with Gasteiger partial charge in [0.25, 0.3) is 0 Å². The molecule has 0 radical (unpaired) electrons. The first kappa shape index (κ1) is 12.4. The quantitative estimate of drug-likeness (QED) is 0.857. The summed E-state index contributed by atoms with van der Waals surface area (Å²) in [5.41, 5.74) is 1.27. The van der Waals surface area contributed by atoms with Crippen molar-refractivity contribution in [3.05, 3.63) is 29.8 Å². The highest BCUT2D eigenvalue weighted by molar-refractivity contribution is 5.26. The topological polar surface area (TPSA) is 24.5 Å². The van der Waals surface area contributed by atoms with Gasteiger partial charge in [-0.05, 0) is 26.0 Å². The van der Waals surface area contributed by atoms with Crippen LogP contribution in [0.1, 0.15) is 12.5 Å². The molecule has 17 heavy (non-hydrogen) atoms. The van der Waals surface area contributed by atoms with E-state index in [4.69, 9.17) is 4.74 Å². The van der Waals surface area contributed by atoms with Gasteiger partial charge >= 0.3 is 0 Å². The lowest BCUT2D eigenvalue weighted by Crippen LogP contribution is -2.50. The molecule has 1 aliphatic rings. The maximum Gasteiger partial charge on any atom is 0.119 e. The maximum atomic E-state index is 5.75. The Morgan fingerprint density at radius 2 is 2.12 bits per heavy atom. The third-order valence-corrected chi connectivity index (χ3v) is 3.31. The van der Waals surface area contributed by atoms with Crippen LogP contribution in [-0.2, 0) is 0 Å². The van der Waals surface area contributed by atoms with Crippen LogP contribution in [0.4, 0.5) is 0 Å². The minimum Gasteiger partial charge on any atom is -0.492 e. The Bertz CT molecular complexity index is 337. The molecule has 1 atom stereocenters. The zero-order valence-corrected chi connectivity index (χ0v) is 10.8. The molecular formula is C14H22N2O. The highest BCUT2D eigenvalue weighted by Gasteiger charge is 2.16. The van der Waals surface area contributed by atoms with Crippen LogP contribution in [-0.4, -0.2) is 43.7 Å². The van der Waals surface area contributed by atoms with Crippen LogP contribution in [0.2, 0.25) is 0 Å². The molecule has 1 fully saturated rings. The standard InChI is InChI=1S/C14H22N2O/c1-12-3-5-14(6-4-12)17-10-9-16-8-7-15-11-13(16)2/h3-6,13,15H,7-11H2,1-2H3. The number of hydrogen-bond acceptors (Lipinski definition) is 3. The van der Waals surface area contributed by atoms with Crippen molar-refractivity contribution in [1.29, 1.82) is 0 Å². The largest absolute Gasteiger partial charge is 0.492 e. The molecule has 0 bridgehead atoms. The number of hydrogen-bond donors (Lipinski definition) is 1. The van der Waals surface area contributed by atoms with Crippen LogP contribution in [0.5, 0.6) is 5.75 Å². The number of piperazine rings is 1. The third kappa shape index (κ3) is 3.72. The van der Waals surface area contributed by atoms with Crippen LogP contribution < -0.4 is 10.1 Å². The van der Waals surface area contributed by atoms with E-state index in [0.717, 1.165) is 38.5 Å². The van der Waals surface area contributed by atoms with Crippen LogP contribution >= 0.6 is 0 Å². The van der Waals surface area contributed by atoms with Crippen LogP contribution in [0, 0.1) is 6.92 Å². The fourth-order valence-corrected chi connectivity index (χ4v) is 2.13. The van der Waals surface area contributed by atoms with Crippen molar-refractivity contribution in [2.45, 2.75) is 19.9 Å². The molecule has 1 aromatic carbocycles. The van der Waals surface area contributed by atoms with E-state index >= 15 is 0 Å². The lowest BCUT2D eigenvalue weighted by atomic mass is 10.2. The van der Waals surface area contributed by atoms with Gasteiger partial charge in [-0.2, -0.15) is 0 Å². The Balaban J connectivity index is 1.73. The summed E-state index contributed by atoms with van der Waals surface area (Å²) >= 11 is 0. The van der Waals surface area contributed by atoms with Crippen molar-refractivity contribution < 1.29 is 4.74 Å². The summed E-state index contributed by atoms with van der Waals surface area (Å²) in [6.07, 6.45) is 0. The van der Waals surface area contributed by atoms with E-state index in [1.54, 1.807) is 0 Å². The number of nitrogens with zero attached hydrogens (tertiary/aromatic N) is 1. The van der Waals surface area contributed by atoms with E-state index in [-0.39, 0.29) is 0 Å². The molecular weight excluding hydrogens is 212 g/mol. The minimum atomic E-state index is 0.616. The van der Waals surface area contributed by atoms with Crippen LogP contribution in [0.25, 0.3) is 0 Å². The van der Waals surface area contributed by atoms with Crippen molar-refractivity contribution in [3.63, 3.8) is 0 Å². The molecule has 1 aromatic rings. The summed E-state index contributed by atoms with van der Waals surface area (Å²) in [6, 6.07) is 8.86. The van der Waals surface area contributed by atoms with Gasteiger partial charge in [-0.3, -0.25) is 4.90 Å². The van der Waals surface area contributed by atoms with Crippen molar-refractivity contribution in [3.8, 4) is 5.75 Å². The Labute approximate surface area is 104 Å². The van der Waals surface area contributed by atoms with Gasteiger partial charge in [0.05, 0.1) is 0 Å². The zero-order valence-electron chi connectivity index (χ0n) is 10.8. The third-order valence-electron chi connectivity index (χ3n) is 3.31. The van der Waals surface area contributed by atoms with E-state index in [1.807, 2.05) is 12.1 Å². The second-order valence-electron chi connectivity index (χ2n) is 4.75. The van der Waals surface area contributed by atoms with Crippen molar-refractivity contribution in [1.82, 2.24) is 10.2 Å². The monoisotopic (exact) mass is 234 g/mol. The van der Waals surface area contributed by atoms with Gasteiger partial charge in [-0.1, -0.05) is 17.7 Å². The van der Waals surface area contributed by atoms with E-state index in [9.17, 15) is 0 Å². The highest BCUT2D eigenvalue weighted by atomic mass is 16.5. The Kier molecular flexibility index (Phi) is 4.40. The number of rotatable bonds is 4. The van der Waals surface area contributed by atoms with Crippen molar-refractivity contribution in [2.75, 3.05) is 32.8 Å². The summed E-state index contributed by atoms with van der Waals surface area (Å²) in [5.74, 6) is 0.971. The van der Waals surface area contributed by atoms with E-state index in [0.29, 0.717) is 6.04 Å². The molecule has 0 aliphatic carbocycles. The first-order valence-corrected chi connectivity index (χ1v) is 6.40. The first-order valence-electron chi connectivity index (χ1n) is 6.40. The molecule has 1 saturated heterocycles. The van der Waals surface area contributed by atoms with Gasteiger partial charge in [0.2, 0.25) is 0 Å². The minimum absolute atomic E-state index is 0.616. The van der Waals surface area contributed by atoms with Crippen molar-refractivity contribution >= 4 is 0 Å². The van der Waals surface area contributed by atoms with E-state index in [1.165, 1.54) is 5.56 Å². The van der Waals surface area contributed by atoms with Crippen LogP contribution in [0.15, 0.2) is 24.3 Å².